The molecule has 10 rings (SSSR count). The van der Waals surface area contributed by atoms with Crippen molar-refractivity contribution in [2.75, 3.05) is 0 Å². The van der Waals surface area contributed by atoms with Crippen LogP contribution in [0.25, 0.3) is 72.4 Å². The minimum atomic E-state index is 0.0293. The van der Waals surface area contributed by atoms with Crippen molar-refractivity contribution in [2.24, 2.45) is 0 Å². The Kier molecular flexibility index (Phi) is 6.56. The average Bonchev–Trinajstić information content (AvgIpc) is 3.76. The molecule has 3 aromatic heterocycles. The van der Waals surface area contributed by atoms with Crippen molar-refractivity contribution in [1.82, 2.24) is 15.0 Å². The van der Waals surface area contributed by atoms with E-state index in [1.807, 2.05) is 60.7 Å². The summed E-state index contributed by atoms with van der Waals surface area (Å²) in [5.41, 5.74) is 9.96. The van der Waals surface area contributed by atoms with Gasteiger partial charge in [-0.3, -0.25) is 0 Å². The second-order valence-electron chi connectivity index (χ2n) is 12.8. The Hall–Kier alpha value is -6.59. The largest absolute Gasteiger partial charge is 0.460 e. The molecule has 0 fully saturated rings. The number of fused-ring (bicyclic) bond motifs is 6. The molecule has 1 unspecified atom stereocenters. The third-order valence-electron chi connectivity index (χ3n) is 9.70. The van der Waals surface area contributed by atoms with Crippen LogP contribution in [0.2, 0.25) is 0 Å². The second kappa shape index (κ2) is 11.5. The van der Waals surface area contributed by atoms with Gasteiger partial charge in [0.25, 0.3) is 0 Å². The standard InChI is InChI=1S/C45H29N3O2/c1-3-11-28(12-4-1)29-19-21-31(22-20-29)44-46-43(30-13-5-2-6-14-30)47-45(48-44)37-26-33(27-41-42(37)35-16-8-10-18-39(35)50-41)32-23-24-40-36(25-32)34-15-7-9-17-38(34)49-40/h1-26,33H,27H2. The zero-order valence-corrected chi connectivity index (χ0v) is 27.0. The number of rotatable bonds is 5. The SMILES string of the molecule is C1=C(c2nc(-c3ccccc3)nc(-c3ccc(-c4ccccc4)cc3)n2)c2c(oc3ccccc23)CC1c1ccc2oc3ccccc3c2c1. The fourth-order valence-electron chi connectivity index (χ4n) is 7.24. The van der Waals surface area contributed by atoms with Crippen molar-refractivity contribution in [3.05, 3.63) is 180 Å². The van der Waals surface area contributed by atoms with Gasteiger partial charge < -0.3 is 8.83 Å². The fourth-order valence-corrected chi connectivity index (χ4v) is 7.24. The summed E-state index contributed by atoms with van der Waals surface area (Å²) in [7, 11) is 0. The van der Waals surface area contributed by atoms with Gasteiger partial charge in [-0.25, -0.2) is 15.0 Å². The summed E-state index contributed by atoms with van der Waals surface area (Å²) in [6.07, 6.45) is 3.04. The molecule has 1 aliphatic carbocycles. The quantitative estimate of drug-likeness (QED) is 0.187. The van der Waals surface area contributed by atoms with E-state index in [4.69, 9.17) is 23.8 Å². The number of hydrogen-bond donors (Lipinski definition) is 0. The molecule has 3 heterocycles. The Labute approximate surface area is 288 Å². The van der Waals surface area contributed by atoms with Crippen LogP contribution in [0.1, 0.15) is 28.6 Å². The highest BCUT2D eigenvalue weighted by Crippen LogP contribution is 2.44. The minimum Gasteiger partial charge on any atom is -0.460 e. The minimum absolute atomic E-state index is 0.0293. The number of hydrogen-bond acceptors (Lipinski definition) is 5. The molecule has 6 aromatic carbocycles. The predicted octanol–water partition coefficient (Wildman–Crippen LogP) is 11.3. The van der Waals surface area contributed by atoms with Gasteiger partial charge >= 0.3 is 0 Å². The van der Waals surface area contributed by atoms with E-state index < -0.39 is 0 Å². The lowest BCUT2D eigenvalue weighted by molar-refractivity contribution is 0.531. The highest BCUT2D eigenvalue weighted by atomic mass is 16.3. The second-order valence-corrected chi connectivity index (χ2v) is 12.8. The van der Waals surface area contributed by atoms with Gasteiger partial charge in [0.1, 0.15) is 22.5 Å². The van der Waals surface area contributed by atoms with Crippen LogP contribution in [0, 0.1) is 0 Å². The maximum atomic E-state index is 6.59. The third-order valence-corrected chi connectivity index (χ3v) is 9.70. The normalized spacial score (nSPS) is 14.2. The van der Waals surface area contributed by atoms with Gasteiger partial charge in [-0.2, -0.15) is 0 Å². The Morgan fingerprint density at radius 1 is 0.440 bits per heavy atom. The summed E-state index contributed by atoms with van der Waals surface area (Å²) < 4.78 is 12.8. The zero-order valence-electron chi connectivity index (χ0n) is 27.0. The number of aromatic nitrogens is 3. The van der Waals surface area contributed by atoms with E-state index in [1.165, 1.54) is 11.1 Å². The Morgan fingerprint density at radius 2 is 0.980 bits per heavy atom. The molecule has 1 atom stereocenters. The van der Waals surface area contributed by atoms with Gasteiger partial charge in [0.2, 0.25) is 0 Å². The van der Waals surface area contributed by atoms with Crippen molar-refractivity contribution in [2.45, 2.75) is 12.3 Å². The molecule has 5 nitrogen and oxygen atoms in total. The molecule has 0 saturated carbocycles. The van der Waals surface area contributed by atoms with Crippen LogP contribution in [-0.2, 0) is 6.42 Å². The van der Waals surface area contributed by atoms with Crippen molar-refractivity contribution < 1.29 is 8.83 Å². The predicted molar refractivity (Wildman–Crippen MR) is 200 cm³/mol. The summed E-state index contributed by atoms with van der Waals surface area (Å²) in [6.45, 7) is 0. The molecule has 0 aliphatic heterocycles. The van der Waals surface area contributed by atoms with E-state index in [1.54, 1.807) is 0 Å². The molecule has 0 saturated heterocycles. The van der Waals surface area contributed by atoms with Crippen molar-refractivity contribution in [3.8, 4) is 33.9 Å². The molecule has 0 bridgehead atoms. The van der Waals surface area contributed by atoms with Crippen LogP contribution in [0.4, 0.5) is 0 Å². The maximum absolute atomic E-state index is 6.59. The number of benzene rings is 6. The van der Waals surface area contributed by atoms with Gasteiger partial charge in [0, 0.05) is 50.8 Å². The van der Waals surface area contributed by atoms with E-state index in [-0.39, 0.29) is 5.92 Å². The van der Waals surface area contributed by atoms with Crippen LogP contribution < -0.4 is 0 Å². The molecule has 9 aromatic rings. The lowest BCUT2D eigenvalue weighted by Gasteiger charge is -2.21. The van der Waals surface area contributed by atoms with E-state index in [0.717, 1.165) is 72.9 Å². The van der Waals surface area contributed by atoms with Gasteiger partial charge in [-0.1, -0.05) is 133 Å². The zero-order chi connectivity index (χ0) is 33.0. The lowest BCUT2D eigenvalue weighted by Crippen LogP contribution is -2.11. The van der Waals surface area contributed by atoms with Gasteiger partial charge in [-0.05, 0) is 41.0 Å². The molecule has 0 N–H and O–H groups in total. The topological polar surface area (TPSA) is 65.0 Å². The smallest absolute Gasteiger partial charge is 0.164 e. The molecule has 0 spiro atoms. The first-order chi connectivity index (χ1) is 24.7. The summed E-state index contributed by atoms with van der Waals surface area (Å²) in [5.74, 6) is 2.83. The number of nitrogens with zero attached hydrogens (tertiary/aromatic N) is 3. The highest BCUT2D eigenvalue weighted by molar-refractivity contribution is 6.05. The number of allylic oxidation sites excluding steroid dienone is 1. The molecule has 0 radical (unpaired) electrons. The first-order valence-electron chi connectivity index (χ1n) is 16.9. The first-order valence-corrected chi connectivity index (χ1v) is 16.9. The third kappa shape index (κ3) is 4.82. The van der Waals surface area contributed by atoms with Crippen molar-refractivity contribution in [3.63, 3.8) is 0 Å². The van der Waals surface area contributed by atoms with Gasteiger partial charge in [0.05, 0.1) is 0 Å². The average molecular weight is 644 g/mol. The Balaban J connectivity index is 1.16. The van der Waals surface area contributed by atoms with Crippen molar-refractivity contribution in [1.29, 1.82) is 0 Å². The van der Waals surface area contributed by atoms with E-state index >= 15 is 0 Å². The fraction of sp³-hybridized carbons (Fsp3) is 0.0444. The highest BCUT2D eigenvalue weighted by Gasteiger charge is 2.30. The molecule has 1 aliphatic rings. The summed E-state index contributed by atoms with van der Waals surface area (Å²) in [6, 6.07) is 51.9. The van der Waals surface area contributed by atoms with Crippen molar-refractivity contribution >= 4 is 38.5 Å². The molecule has 0 amide bonds. The molecule has 50 heavy (non-hydrogen) atoms. The summed E-state index contributed by atoms with van der Waals surface area (Å²) in [5, 5.41) is 3.27. The Bertz CT molecular complexity index is 2720. The van der Waals surface area contributed by atoms with Crippen LogP contribution in [0.5, 0.6) is 0 Å². The van der Waals surface area contributed by atoms with Crippen LogP contribution in [0.15, 0.2) is 167 Å². The van der Waals surface area contributed by atoms with Crippen LogP contribution >= 0.6 is 0 Å². The van der Waals surface area contributed by atoms with Crippen LogP contribution in [-0.4, -0.2) is 15.0 Å². The van der Waals surface area contributed by atoms with E-state index in [9.17, 15) is 0 Å². The number of furan rings is 2. The number of para-hydroxylation sites is 2. The Morgan fingerprint density at radius 3 is 1.72 bits per heavy atom. The molecule has 5 heteroatoms. The molecular formula is C45H29N3O2. The van der Waals surface area contributed by atoms with E-state index in [0.29, 0.717) is 17.5 Å². The monoisotopic (exact) mass is 643 g/mol. The summed E-state index contributed by atoms with van der Waals surface area (Å²) in [4.78, 5) is 15.4. The van der Waals surface area contributed by atoms with Gasteiger partial charge in [0.15, 0.2) is 17.5 Å². The molecular weight excluding hydrogens is 615 g/mol. The van der Waals surface area contributed by atoms with Crippen LogP contribution in [0.3, 0.4) is 0 Å². The van der Waals surface area contributed by atoms with E-state index in [2.05, 4.69) is 97.1 Å². The maximum Gasteiger partial charge on any atom is 0.164 e. The van der Waals surface area contributed by atoms with Gasteiger partial charge in [-0.15, -0.1) is 0 Å². The molecule has 236 valence electrons. The lowest BCUT2D eigenvalue weighted by atomic mass is 9.83. The first kappa shape index (κ1) is 28.4. The summed E-state index contributed by atoms with van der Waals surface area (Å²) >= 11 is 0.